The van der Waals surface area contributed by atoms with Crippen molar-refractivity contribution in [2.24, 2.45) is 0 Å². The van der Waals surface area contributed by atoms with Crippen LogP contribution in [0.3, 0.4) is 0 Å². The van der Waals surface area contributed by atoms with Gasteiger partial charge in [0.25, 0.3) is 0 Å². The Labute approximate surface area is 109 Å². The van der Waals surface area contributed by atoms with Gasteiger partial charge in [-0.25, -0.2) is 0 Å². The van der Waals surface area contributed by atoms with Gasteiger partial charge < -0.3 is 5.32 Å². The molecule has 1 rings (SSSR count). The third-order valence-electron chi connectivity index (χ3n) is 2.16. The maximum absolute atomic E-state index is 8.74. The van der Waals surface area contributed by atoms with Gasteiger partial charge in [-0.15, -0.1) is 0 Å². The first-order valence-corrected chi connectivity index (χ1v) is 7.23. The van der Waals surface area contributed by atoms with Crippen molar-refractivity contribution in [3.63, 3.8) is 0 Å². The number of aryl methyl sites for hydroxylation is 1. The molecular weight excluding hydrogens is 254 g/mol. The second-order valence-corrected chi connectivity index (χ2v) is 4.84. The molecule has 0 atom stereocenters. The molecule has 0 aliphatic carbocycles. The van der Waals surface area contributed by atoms with Crippen molar-refractivity contribution in [3.8, 4) is 0 Å². The molecule has 6 heteroatoms. The van der Waals surface area contributed by atoms with E-state index in [-0.39, 0.29) is 0 Å². The van der Waals surface area contributed by atoms with E-state index in [0.29, 0.717) is 0 Å². The number of hydrogen-bond acceptors (Lipinski definition) is 3. The van der Waals surface area contributed by atoms with Crippen molar-refractivity contribution in [2.75, 3.05) is 11.9 Å². The molecule has 0 fully saturated rings. The summed E-state index contributed by atoms with van der Waals surface area (Å²) >= 11 is 0. The first-order chi connectivity index (χ1) is 8.33. The van der Waals surface area contributed by atoms with Gasteiger partial charge in [-0.3, -0.25) is 9.11 Å². The predicted octanol–water partition coefficient (Wildman–Crippen LogP) is 2.94. The van der Waals surface area contributed by atoms with Crippen molar-refractivity contribution in [1.29, 1.82) is 0 Å². The summed E-state index contributed by atoms with van der Waals surface area (Å²) in [5.74, 6) is 0. The van der Waals surface area contributed by atoms with Crippen LogP contribution in [0.2, 0.25) is 0 Å². The molecule has 18 heavy (non-hydrogen) atoms. The van der Waals surface area contributed by atoms with Crippen LogP contribution < -0.4 is 5.32 Å². The minimum absolute atomic E-state index is 1.09. The van der Waals surface area contributed by atoms with E-state index in [9.17, 15) is 0 Å². The zero-order valence-corrected chi connectivity index (χ0v) is 11.6. The quantitative estimate of drug-likeness (QED) is 0.568. The van der Waals surface area contributed by atoms with Gasteiger partial charge in [-0.1, -0.05) is 37.5 Å². The van der Waals surface area contributed by atoms with Crippen LogP contribution in [-0.4, -0.2) is 24.1 Å². The molecule has 3 N–H and O–H groups in total. The van der Waals surface area contributed by atoms with Crippen LogP contribution in [0, 0.1) is 6.92 Å². The van der Waals surface area contributed by atoms with Crippen LogP contribution in [0.1, 0.15) is 31.7 Å². The van der Waals surface area contributed by atoms with E-state index in [1.165, 1.54) is 30.5 Å². The third kappa shape index (κ3) is 13.0. The van der Waals surface area contributed by atoms with Gasteiger partial charge in [0.1, 0.15) is 0 Å². The Balaban J connectivity index is 0.000000494. The number of nitrogens with one attached hydrogen (secondary N) is 1. The highest BCUT2D eigenvalue weighted by Crippen LogP contribution is 2.08. The number of rotatable bonds is 5. The summed E-state index contributed by atoms with van der Waals surface area (Å²) in [6.07, 6.45) is 3.87. The fourth-order valence-electron chi connectivity index (χ4n) is 1.28. The summed E-state index contributed by atoms with van der Waals surface area (Å²) in [7, 11) is -4.67. The van der Waals surface area contributed by atoms with Gasteiger partial charge in [-0.05, 0) is 25.5 Å². The molecule has 0 aromatic heterocycles. The van der Waals surface area contributed by atoms with E-state index in [1.807, 2.05) is 0 Å². The lowest BCUT2D eigenvalue weighted by Gasteiger charge is -2.05. The van der Waals surface area contributed by atoms with Crippen LogP contribution in [0.15, 0.2) is 24.3 Å². The van der Waals surface area contributed by atoms with Gasteiger partial charge >= 0.3 is 10.4 Å². The van der Waals surface area contributed by atoms with Crippen molar-refractivity contribution in [3.05, 3.63) is 29.8 Å². The third-order valence-corrected chi connectivity index (χ3v) is 2.16. The molecule has 0 heterocycles. The fourth-order valence-corrected chi connectivity index (χ4v) is 1.28. The van der Waals surface area contributed by atoms with Crippen LogP contribution >= 0.6 is 0 Å². The zero-order valence-electron chi connectivity index (χ0n) is 10.8. The normalized spacial score (nSPS) is 10.4. The van der Waals surface area contributed by atoms with Crippen molar-refractivity contribution in [2.45, 2.75) is 33.1 Å². The lowest BCUT2D eigenvalue weighted by molar-refractivity contribution is 0.381. The highest BCUT2D eigenvalue weighted by molar-refractivity contribution is 7.79. The number of hydrogen-bond donors (Lipinski definition) is 3. The molecule has 0 spiro atoms. The van der Waals surface area contributed by atoms with Gasteiger partial charge in [-0.2, -0.15) is 8.42 Å². The molecule has 0 unspecified atom stereocenters. The van der Waals surface area contributed by atoms with E-state index >= 15 is 0 Å². The molecule has 1 aromatic carbocycles. The molecule has 0 radical (unpaired) electrons. The average molecular weight is 275 g/mol. The summed E-state index contributed by atoms with van der Waals surface area (Å²) in [5.41, 5.74) is 2.56. The first kappa shape index (κ1) is 16.9. The molecule has 5 nitrogen and oxygen atoms in total. The molecular formula is C12H21NO4S. The van der Waals surface area contributed by atoms with Crippen molar-refractivity contribution >= 4 is 16.1 Å². The minimum atomic E-state index is -4.67. The average Bonchev–Trinajstić information content (AvgIpc) is 2.25. The van der Waals surface area contributed by atoms with Gasteiger partial charge in [0.15, 0.2) is 0 Å². The Kier molecular flexibility index (Phi) is 8.36. The highest BCUT2D eigenvalue weighted by Gasteiger charge is 1.90. The van der Waals surface area contributed by atoms with E-state index in [1.54, 1.807) is 0 Å². The topological polar surface area (TPSA) is 86.6 Å². The second kappa shape index (κ2) is 8.91. The van der Waals surface area contributed by atoms with Crippen LogP contribution in [0.25, 0.3) is 0 Å². The predicted molar refractivity (Wildman–Crippen MR) is 73.4 cm³/mol. The molecule has 1 aromatic rings. The minimum Gasteiger partial charge on any atom is -0.385 e. The molecule has 0 bridgehead atoms. The van der Waals surface area contributed by atoms with E-state index in [4.69, 9.17) is 17.5 Å². The molecule has 0 saturated heterocycles. The smallest absolute Gasteiger partial charge is 0.385 e. The second-order valence-electron chi connectivity index (χ2n) is 3.95. The summed E-state index contributed by atoms with van der Waals surface area (Å²) in [6, 6.07) is 8.56. The monoisotopic (exact) mass is 275 g/mol. The fraction of sp³-hybridized carbons (Fsp3) is 0.500. The molecule has 0 amide bonds. The lowest BCUT2D eigenvalue weighted by atomic mass is 10.2. The SMILES string of the molecule is CCCCCNc1ccc(C)cc1.O=S(=O)(O)O. The first-order valence-electron chi connectivity index (χ1n) is 5.83. The summed E-state index contributed by atoms with van der Waals surface area (Å²) in [6.45, 7) is 5.43. The van der Waals surface area contributed by atoms with E-state index in [2.05, 4.69) is 43.4 Å². The van der Waals surface area contributed by atoms with Crippen LogP contribution in [0.5, 0.6) is 0 Å². The van der Waals surface area contributed by atoms with E-state index < -0.39 is 10.4 Å². The highest BCUT2D eigenvalue weighted by atomic mass is 32.3. The molecule has 0 aliphatic heterocycles. The van der Waals surface area contributed by atoms with Crippen molar-refractivity contribution < 1.29 is 17.5 Å². The Morgan fingerprint density at radius 1 is 1.11 bits per heavy atom. The van der Waals surface area contributed by atoms with Crippen molar-refractivity contribution in [1.82, 2.24) is 0 Å². The Bertz CT molecular complexity index is 406. The summed E-state index contributed by atoms with van der Waals surface area (Å²) in [5, 5.41) is 3.41. The Morgan fingerprint density at radius 3 is 2.06 bits per heavy atom. The number of anilines is 1. The Morgan fingerprint density at radius 2 is 1.61 bits per heavy atom. The zero-order chi connectivity index (χ0) is 14.0. The van der Waals surface area contributed by atoms with Crippen LogP contribution in [-0.2, 0) is 10.4 Å². The Hall–Kier alpha value is -1.11. The van der Waals surface area contributed by atoms with Gasteiger partial charge in [0.05, 0.1) is 0 Å². The van der Waals surface area contributed by atoms with Gasteiger partial charge in [0.2, 0.25) is 0 Å². The van der Waals surface area contributed by atoms with Crippen LogP contribution in [0.4, 0.5) is 5.69 Å². The van der Waals surface area contributed by atoms with E-state index in [0.717, 1.165) is 6.54 Å². The maximum Gasteiger partial charge on any atom is 0.394 e. The number of unbranched alkanes of at least 4 members (excludes halogenated alkanes) is 2. The summed E-state index contributed by atoms with van der Waals surface area (Å²) in [4.78, 5) is 0. The maximum atomic E-state index is 8.74. The van der Waals surface area contributed by atoms with Gasteiger partial charge in [0, 0.05) is 12.2 Å². The molecule has 104 valence electrons. The molecule has 0 saturated carbocycles. The summed E-state index contributed by atoms with van der Waals surface area (Å²) < 4.78 is 31.6. The lowest BCUT2D eigenvalue weighted by Crippen LogP contribution is -2.00. The standard InChI is InChI=1S/C12H19N.H2O4S/c1-3-4-5-10-13-12-8-6-11(2)7-9-12;1-5(2,3)4/h6-9,13H,3-5,10H2,1-2H3;(H2,1,2,3,4). The molecule has 0 aliphatic rings. The largest absolute Gasteiger partial charge is 0.394 e. The number of benzene rings is 1.